The lowest BCUT2D eigenvalue weighted by molar-refractivity contribution is 0.128. The molecule has 0 atom stereocenters. The summed E-state index contributed by atoms with van der Waals surface area (Å²) in [4.78, 5) is 22.7. The number of aromatic nitrogens is 3. The molecule has 0 aromatic carbocycles. The zero-order chi connectivity index (χ0) is 13.0. The van der Waals surface area contributed by atoms with E-state index in [1.807, 2.05) is 19.9 Å². The van der Waals surface area contributed by atoms with Crippen LogP contribution in [0.25, 0.3) is 11.3 Å². The standard InChI is InChI=1S/C13H15N3O2/c1-3-18-8-12-15-11(6-13(17)16-12)10-4-5-14-7-9(10)2/h4-7H,3,8H2,1-2H3,(H,15,16,17). The predicted octanol–water partition coefficient (Wildman–Crippen LogP) is 1.68. The first-order valence-corrected chi connectivity index (χ1v) is 5.79. The second-order valence-electron chi connectivity index (χ2n) is 3.91. The van der Waals surface area contributed by atoms with Gasteiger partial charge in [-0.3, -0.25) is 9.78 Å². The van der Waals surface area contributed by atoms with Gasteiger partial charge in [-0.05, 0) is 25.5 Å². The first-order valence-electron chi connectivity index (χ1n) is 5.79. The molecule has 0 radical (unpaired) electrons. The number of hydrogen-bond acceptors (Lipinski definition) is 4. The van der Waals surface area contributed by atoms with Crippen LogP contribution < -0.4 is 5.56 Å². The summed E-state index contributed by atoms with van der Waals surface area (Å²) in [5.74, 6) is 0.538. The first kappa shape index (κ1) is 12.4. The highest BCUT2D eigenvalue weighted by Gasteiger charge is 2.06. The van der Waals surface area contributed by atoms with E-state index < -0.39 is 0 Å². The molecular weight excluding hydrogens is 230 g/mol. The lowest BCUT2D eigenvalue weighted by atomic mass is 10.1. The monoisotopic (exact) mass is 245 g/mol. The predicted molar refractivity (Wildman–Crippen MR) is 68.2 cm³/mol. The smallest absolute Gasteiger partial charge is 0.251 e. The molecule has 5 nitrogen and oxygen atoms in total. The van der Waals surface area contributed by atoms with Gasteiger partial charge < -0.3 is 9.72 Å². The Bertz CT molecular complexity index is 593. The van der Waals surface area contributed by atoms with E-state index in [2.05, 4.69) is 15.0 Å². The lowest BCUT2D eigenvalue weighted by Crippen LogP contribution is -2.12. The number of nitrogens with zero attached hydrogens (tertiary/aromatic N) is 2. The highest BCUT2D eigenvalue weighted by Crippen LogP contribution is 2.18. The number of H-pyrrole nitrogens is 1. The zero-order valence-corrected chi connectivity index (χ0v) is 10.4. The van der Waals surface area contributed by atoms with Gasteiger partial charge in [0.25, 0.3) is 5.56 Å². The first-order chi connectivity index (χ1) is 8.70. The third-order valence-electron chi connectivity index (χ3n) is 2.53. The van der Waals surface area contributed by atoms with Crippen LogP contribution in [0.5, 0.6) is 0 Å². The van der Waals surface area contributed by atoms with Crippen LogP contribution in [0.4, 0.5) is 0 Å². The third kappa shape index (κ3) is 2.81. The van der Waals surface area contributed by atoms with Crippen LogP contribution in [0, 0.1) is 6.92 Å². The molecule has 18 heavy (non-hydrogen) atoms. The molecule has 5 heteroatoms. The van der Waals surface area contributed by atoms with Crippen molar-refractivity contribution < 1.29 is 4.74 Å². The summed E-state index contributed by atoms with van der Waals surface area (Å²) < 4.78 is 5.25. The van der Waals surface area contributed by atoms with Crippen molar-refractivity contribution in [2.45, 2.75) is 20.5 Å². The molecule has 94 valence electrons. The Morgan fingerprint density at radius 2 is 2.28 bits per heavy atom. The minimum Gasteiger partial charge on any atom is -0.374 e. The molecular formula is C13H15N3O2. The highest BCUT2D eigenvalue weighted by atomic mass is 16.5. The molecule has 0 spiro atoms. The summed E-state index contributed by atoms with van der Waals surface area (Å²) in [5.41, 5.74) is 2.37. The fourth-order valence-electron chi connectivity index (χ4n) is 1.67. The number of ether oxygens (including phenoxy) is 1. The molecule has 0 unspecified atom stereocenters. The van der Waals surface area contributed by atoms with E-state index in [-0.39, 0.29) is 5.56 Å². The van der Waals surface area contributed by atoms with Gasteiger partial charge in [0.15, 0.2) is 0 Å². The fraction of sp³-hybridized carbons (Fsp3) is 0.308. The third-order valence-corrected chi connectivity index (χ3v) is 2.53. The van der Waals surface area contributed by atoms with Crippen LogP contribution in [-0.2, 0) is 11.3 Å². The van der Waals surface area contributed by atoms with Gasteiger partial charge in [0.2, 0.25) is 0 Å². The van der Waals surface area contributed by atoms with Gasteiger partial charge in [0.05, 0.1) is 5.69 Å². The molecule has 0 aliphatic rings. The van der Waals surface area contributed by atoms with Crippen LogP contribution in [0.15, 0.2) is 29.3 Å². The van der Waals surface area contributed by atoms with Crippen molar-refractivity contribution in [2.75, 3.05) is 6.61 Å². The summed E-state index contributed by atoms with van der Waals surface area (Å²) in [7, 11) is 0. The number of rotatable bonds is 4. The van der Waals surface area contributed by atoms with Crippen molar-refractivity contribution in [1.29, 1.82) is 0 Å². The molecule has 0 saturated carbocycles. The summed E-state index contributed by atoms with van der Waals surface area (Å²) >= 11 is 0. The van der Waals surface area contributed by atoms with Gasteiger partial charge in [-0.25, -0.2) is 4.98 Å². The van der Waals surface area contributed by atoms with Gasteiger partial charge in [-0.15, -0.1) is 0 Å². The maximum Gasteiger partial charge on any atom is 0.251 e. The van der Waals surface area contributed by atoms with Crippen molar-refractivity contribution in [3.8, 4) is 11.3 Å². The quantitative estimate of drug-likeness (QED) is 0.889. The molecule has 1 N–H and O–H groups in total. The van der Waals surface area contributed by atoms with Crippen LogP contribution in [0.2, 0.25) is 0 Å². The van der Waals surface area contributed by atoms with Crippen molar-refractivity contribution >= 4 is 0 Å². The Hall–Kier alpha value is -2.01. The Morgan fingerprint density at radius 1 is 1.44 bits per heavy atom. The SMILES string of the molecule is CCOCc1nc(-c2ccncc2C)cc(=O)[nH]1. The van der Waals surface area contributed by atoms with Crippen molar-refractivity contribution in [3.63, 3.8) is 0 Å². The molecule has 0 saturated heterocycles. The molecule has 2 heterocycles. The highest BCUT2D eigenvalue weighted by molar-refractivity contribution is 5.61. The zero-order valence-electron chi connectivity index (χ0n) is 10.4. The van der Waals surface area contributed by atoms with E-state index in [0.29, 0.717) is 24.7 Å². The van der Waals surface area contributed by atoms with Crippen LogP contribution >= 0.6 is 0 Å². The number of aryl methyl sites for hydroxylation is 1. The van der Waals surface area contributed by atoms with E-state index in [9.17, 15) is 4.79 Å². The van der Waals surface area contributed by atoms with Crippen LogP contribution in [-0.4, -0.2) is 21.6 Å². The van der Waals surface area contributed by atoms with Crippen molar-refractivity contribution in [1.82, 2.24) is 15.0 Å². The Labute approximate surface area is 105 Å². The molecule has 0 aliphatic heterocycles. The summed E-state index contributed by atoms with van der Waals surface area (Å²) in [6, 6.07) is 3.33. The number of nitrogens with one attached hydrogen (secondary N) is 1. The minimum absolute atomic E-state index is 0.175. The average molecular weight is 245 g/mol. The van der Waals surface area contributed by atoms with E-state index >= 15 is 0 Å². The number of pyridine rings is 1. The second-order valence-corrected chi connectivity index (χ2v) is 3.91. The average Bonchev–Trinajstić information content (AvgIpc) is 2.36. The van der Waals surface area contributed by atoms with E-state index in [0.717, 1.165) is 11.1 Å². The minimum atomic E-state index is -0.175. The molecule has 2 aromatic heterocycles. The fourth-order valence-corrected chi connectivity index (χ4v) is 1.67. The summed E-state index contributed by atoms with van der Waals surface area (Å²) in [5, 5.41) is 0. The molecule has 0 aliphatic carbocycles. The summed E-state index contributed by atoms with van der Waals surface area (Å²) in [6.07, 6.45) is 3.44. The maximum absolute atomic E-state index is 11.6. The van der Waals surface area contributed by atoms with Gasteiger partial charge in [0.1, 0.15) is 12.4 Å². The normalized spacial score (nSPS) is 10.6. The van der Waals surface area contributed by atoms with Gasteiger partial charge in [0, 0.05) is 30.6 Å². The van der Waals surface area contributed by atoms with Crippen molar-refractivity contribution in [3.05, 3.63) is 46.3 Å². The maximum atomic E-state index is 11.6. The van der Waals surface area contributed by atoms with Crippen LogP contribution in [0.1, 0.15) is 18.3 Å². The summed E-state index contributed by atoms with van der Waals surface area (Å²) in [6.45, 7) is 4.73. The van der Waals surface area contributed by atoms with E-state index in [4.69, 9.17) is 4.74 Å². The van der Waals surface area contributed by atoms with Gasteiger partial charge >= 0.3 is 0 Å². The Morgan fingerprint density at radius 3 is 3.00 bits per heavy atom. The van der Waals surface area contributed by atoms with E-state index in [1.54, 1.807) is 12.4 Å². The molecule has 0 amide bonds. The molecule has 0 fully saturated rings. The molecule has 2 aromatic rings. The Balaban J connectivity index is 2.42. The Kier molecular flexibility index (Phi) is 3.84. The van der Waals surface area contributed by atoms with Gasteiger partial charge in [-0.1, -0.05) is 0 Å². The second kappa shape index (κ2) is 5.55. The van der Waals surface area contributed by atoms with Gasteiger partial charge in [-0.2, -0.15) is 0 Å². The number of aromatic amines is 1. The largest absolute Gasteiger partial charge is 0.374 e. The molecule has 0 bridgehead atoms. The van der Waals surface area contributed by atoms with E-state index in [1.165, 1.54) is 6.07 Å². The molecule has 2 rings (SSSR count). The van der Waals surface area contributed by atoms with Crippen molar-refractivity contribution in [2.24, 2.45) is 0 Å². The topological polar surface area (TPSA) is 67.9 Å². The van der Waals surface area contributed by atoms with Crippen LogP contribution in [0.3, 0.4) is 0 Å². The lowest BCUT2D eigenvalue weighted by Gasteiger charge is -2.06. The number of hydrogen-bond donors (Lipinski definition) is 1.